The Morgan fingerprint density at radius 3 is 1.37 bits per heavy atom. The van der Waals surface area contributed by atoms with Crippen LogP contribution in [0.5, 0.6) is 11.5 Å². The number of nitrogens with zero attached hydrogens (tertiary/aromatic N) is 1. The largest absolute Gasteiger partial charge is 0.453 e. The fourth-order valence-electron chi connectivity index (χ4n) is 10.7. The average Bonchev–Trinajstić information content (AvgIpc) is 3.74. The summed E-state index contributed by atoms with van der Waals surface area (Å²) in [5.41, 5.74) is 18.8. The molecule has 1 unspecified atom stereocenters. The first-order valence-corrected chi connectivity index (χ1v) is 20.8. The number of anilines is 3. The zero-order valence-electron chi connectivity index (χ0n) is 33.4. The average molecular weight is 766 g/mol. The molecule has 60 heavy (non-hydrogen) atoms. The van der Waals surface area contributed by atoms with Crippen LogP contribution < -0.4 is 9.64 Å². The normalized spacial score (nSPS) is 14.4. The molecule has 2 aliphatic carbocycles. The van der Waals surface area contributed by atoms with Gasteiger partial charge in [0.15, 0.2) is 11.5 Å². The van der Waals surface area contributed by atoms with Crippen molar-refractivity contribution in [2.24, 2.45) is 0 Å². The van der Waals surface area contributed by atoms with Gasteiger partial charge in [0.05, 0.1) is 22.2 Å². The Kier molecular flexibility index (Phi) is 7.44. The number of hydrogen-bond acceptors (Lipinski definition) is 2. The summed E-state index contributed by atoms with van der Waals surface area (Å²) in [6.45, 7) is 4.39. The minimum atomic E-state index is -0.640. The molecule has 1 aliphatic heterocycles. The first kappa shape index (κ1) is 34.4. The second-order valence-electron chi connectivity index (χ2n) is 16.4. The molecule has 0 aromatic heterocycles. The van der Waals surface area contributed by atoms with Crippen LogP contribution in [0.3, 0.4) is 0 Å². The van der Waals surface area contributed by atoms with Crippen LogP contribution in [-0.4, -0.2) is 0 Å². The fourth-order valence-corrected chi connectivity index (χ4v) is 10.7. The van der Waals surface area contributed by atoms with E-state index in [1.165, 1.54) is 72.3 Å². The van der Waals surface area contributed by atoms with E-state index in [4.69, 9.17) is 4.74 Å². The number of rotatable bonds is 5. The van der Waals surface area contributed by atoms with Crippen molar-refractivity contribution in [3.05, 3.63) is 268 Å². The van der Waals surface area contributed by atoms with Crippen molar-refractivity contribution in [2.75, 3.05) is 4.90 Å². The van der Waals surface area contributed by atoms with E-state index >= 15 is 0 Å². The van der Waals surface area contributed by atoms with Crippen molar-refractivity contribution >= 4 is 17.1 Å². The van der Waals surface area contributed by atoms with Gasteiger partial charge in [-0.2, -0.15) is 0 Å². The maximum atomic E-state index is 7.40. The number of hydrogen-bond donors (Lipinski definition) is 0. The van der Waals surface area contributed by atoms with Gasteiger partial charge in [-0.1, -0.05) is 175 Å². The highest BCUT2D eigenvalue weighted by Gasteiger charge is 2.50. The van der Waals surface area contributed by atoms with E-state index in [-0.39, 0.29) is 0 Å². The van der Waals surface area contributed by atoms with Crippen LogP contribution in [0, 0.1) is 26.0 Å². The monoisotopic (exact) mass is 765 g/mol. The van der Waals surface area contributed by atoms with Crippen LogP contribution in [0.2, 0.25) is 0 Å². The first-order valence-electron chi connectivity index (χ1n) is 20.8. The van der Waals surface area contributed by atoms with Gasteiger partial charge in [-0.3, -0.25) is 0 Å². The third-order valence-corrected chi connectivity index (χ3v) is 13.1. The number of ether oxygens (including phenoxy) is 1. The molecule has 2 nitrogen and oxygen atoms in total. The molecule has 0 radical (unpaired) electrons. The standard InChI is InChI=1S/C58H39NO/c1-38-28-30-45-47-34-53-55(36-51(47)57(49(45)32-38,40-18-8-3-9-19-40)41-20-10-4-11-21-41)60-56-37-52-48(35-54(56)59(53)44-26-16-7-17-27-44)46-31-29-39(2)33-50(46)58(52,42-22-12-5-13-23-42)43-24-14-6-15-25-43/h3-14,16-24,26-37H,1-2H3. The summed E-state index contributed by atoms with van der Waals surface area (Å²) in [6, 6.07) is 80.0. The molecule has 1 heterocycles. The molecular weight excluding hydrogens is 727 g/mol. The number of aryl methyl sites for hydroxylation is 2. The van der Waals surface area contributed by atoms with Gasteiger partial charge >= 0.3 is 0 Å². The van der Waals surface area contributed by atoms with E-state index < -0.39 is 10.8 Å². The van der Waals surface area contributed by atoms with Crippen LogP contribution in [0.15, 0.2) is 200 Å². The molecule has 0 saturated carbocycles. The van der Waals surface area contributed by atoms with Gasteiger partial charge in [0.2, 0.25) is 0 Å². The minimum absolute atomic E-state index is 0.561. The van der Waals surface area contributed by atoms with Crippen molar-refractivity contribution in [1.82, 2.24) is 0 Å². The lowest BCUT2D eigenvalue weighted by atomic mass is 9.67. The van der Waals surface area contributed by atoms with Gasteiger partial charge in [0.1, 0.15) is 0 Å². The Morgan fingerprint density at radius 1 is 0.417 bits per heavy atom. The van der Waals surface area contributed by atoms with Gasteiger partial charge in [0.25, 0.3) is 0 Å². The molecule has 9 aromatic carbocycles. The minimum Gasteiger partial charge on any atom is -0.453 e. The highest BCUT2D eigenvalue weighted by Crippen LogP contribution is 2.64. The zero-order valence-corrected chi connectivity index (χ0v) is 33.4. The lowest BCUT2D eigenvalue weighted by Gasteiger charge is -2.37. The molecule has 9 aromatic rings. The molecule has 3 aliphatic rings. The second-order valence-corrected chi connectivity index (χ2v) is 16.4. The Hall–Kier alpha value is -7.60. The molecule has 2 heteroatoms. The van der Waals surface area contributed by atoms with Gasteiger partial charge in [-0.15, -0.1) is 0 Å². The molecule has 282 valence electrons. The Morgan fingerprint density at radius 2 is 0.867 bits per heavy atom. The van der Waals surface area contributed by atoms with E-state index in [9.17, 15) is 0 Å². The van der Waals surface area contributed by atoms with E-state index in [1.54, 1.807) is 0 Å². The van der Waals surface area contributed by atoms with Crippen LogP contribution in [-0.2, 0) is 10.8 Å². The summed E-state index contributed by atoms with van der Waals surface area (Å²) in [7, 11) is 0. The summed E-state index contributed by atoms with van der Waals surface area (Å²) < 4.78 is 7.40. The maximum Gasteiger partial charge on any atom is 0.151 e. The van der Waals surface area contributed by atoms with Crippen LogP contribution in [0.25, 0.3) is 22.3 Å². The molecule has 0 spiro atoms. The van der Waals surface area contributed by atoms with E-state index in [2.05, 4.69) is 225 Å². The second kappa shape index (κ2) is 13.0. The van der Waals surface area contributed by atoms with E-state index in [0.29, 0.717) is 0 Å². The lowest BCUT2D eigenvalue weighted by Crippen LogP contribution is -2.29. The number of para-hydroxylation sites is 1. The summed E-state index contributed by atoms with van der Waals surface area (Å²) in [4.78, 5) is 2.41. The van der Waals surface area contributed by atoms with Gasteiger partial charge in [-0.05, 0) is 124 Å². The molecule has 0 N–H and O–H groups in total. The topological polar surface area (TPSA) is 12.5 Å². The highest BCUT2D eigenvalue weighted by molar-refractivity contribution is 5.97. The van der Waals surface area contributed by atoms with Crippen molar-refractivity contribution < 1.29 is 4.74 Å². The van der Waals surface area contributed by atoms with Gasteiger partial charge in [0, 0.05) is 11.3 Å². The predicted molar refractivity (Wildman–Crippen MR) is 243 cm³/mol. The van der Waals surface area contributed by atoms with Crippen LogP contribution in [0.1, 0.15) is 55.6 Å². The molecule has 0 bridgehead atoms. The number of benzene rings is 8. The predicted octanol–water partition coefficient (Wildman–Crippen LogP) is 14.2. The van der Waals surface area contributed by atoms with E-state index in [1.807, 2.05) is 6.07 Å². The molecular formula is C58H39NO. The van der Waals surface area contributed by atoms with E-state index in [0.717, 1.165) is 34.1 Å². The van der Waals surface area contributed by atoms with Crippen LogP contribution in [0.4, 0.5) is 17.1 Å². The summed E-state index contributed by atoms with van der Waals surface area (Å²) in [5.74, 6) is 1.63. The van der Waals surface area contributed by atoms with Crippen molar-refractivity contribution in [2.45, 2.75) is 24.7 Å². The molecule has 12 rings (SSSR count). The smallest absolute Gasteiger partial charge is 0.151 e. The molecule has 1 atom stereocenters. The van der Waals surface area contributed by atoms with Crippen molar-refractivity contribution in [1.29, 1.82) is 0 Å². The summed E-state index contributed by atoms with van der Waals surface area (Å²) in [5, 5.41) is 0. The quantitative estimate of drug-likeness (QED) is 0.173. The Balaban J connectivity index is 1.16. The fraction of sp³-hybridized carbons (Fsp3) is 0.0690. The summed E-state index contributed by atoms with van der Waals surface area (Å²) >= 11 is 0. The maximum absolute atomic E-state index is 7.40. The van der Waals surface area contributed by atoms with Gasteiger partial charge in [-0.25, -0.2) is 0 Å². The Labute approximate surface area is 351 Å². The van der Waals surface area contributed by atoms with Gasteiger partial charge < -0.3 is 9.64 Å². The molecule has 0 amide bonds. The molecule has 0 saturated heterocycles. The highest BCUT2D eigenvalue weighted by atomic mass is 16.5. The number of fused-ring (bicyclic) bond motifs is 8. The first-order chi connectivity index (χ1) is 29.6. The lowest BCUT2D eigenvalue weighted by molar-refractivity contribution is 0.474. The SMILES string of the molecule is Cc1ccc2c(c1)C(c1c#cccc1)(c1ccccc1)c1cc3c(cc1-2)N(c1ccccc1)c1cc2c(cc1O3)C(c1ccccc1)(c1ccccc1)c1cc(C)ccc1-2. The van der Waals surface area contributed by atoms with Crippen molar-refractivity contribution in [3.8, 4) is 33.8 Å². The zero-order chi connectivity index (χ0) is 40.0. The third-order valence-electron chi connectivity index (χ3n) is 13.1. The van der Waals surface area contributed by atoms with Crippen molar-refractivity contribution in [3.63, 3.8) is 0 Å². The molecule has 0 fully saturated rings. The third kappa shape index (κ3) is 4.66. The summed E-state index contributed by atoms with van der Waals surface area (Å²) in [6.07, 6.45) is 0. The van der Waals surface area contributed by atoms with Crippen LogP contribution >= 0.6 is 0 Å². The Bertz CT molecular complexity index is 2850.